The Hall–Kier alpha value is 0.300. The highest BCUT2D eigenvalue weighted by atomic mass is 35.5. The summed E-state index contributed by atoms with van der Waals surface area (Å²) in [6, 6.07) is 0. The summed E-state index contributed by atoms with van der Waals surface area (Å²) in [4.78, 5) is 22.9. The molecule has 7 heteroatoms. The molecule has 1 aliphatic carbocycles. The lowest BCUT2D eigenvalue weighted by Gasteiger charge is -2.37. The van der Waals surface area contributed by atoms with E-state index >= 15 is 0 Å². The number of carbonyl (C=O) groups excluding carboxylic acids is 2. The number of alkyl halides is 4. The van der Waals surface area contributed by atoms with Gasteiger partial charge in [-0.3, -0.25) is 14.9 Å². The van der Waals surface area contributed by atoms with Crippen molar-refractivity contribution >= 4 is 58.2 Å². The Bertz CT molecular complexity index is 294. The normalized spacial score (nSPS) is 50.1. The minimum Gasteiger partial charge on any atom is -0.296 e. The Morgan fingerprint density at radius 3 is 1.40 bits per heavy atom. The van der Waals surface area contributed by atoms with Crippen LogP contribution in [0.25, 0.3) is 0 Å². The first-order valence-corrected chi connectivity index (χ1v) is 6.10. The summed E-state index contributed by atoms with van der Waals surface area (Å²) in [7, 11) is 0. The van der Waals surface area contributed by atoms with Crippen molar-refractivity contribution in [3.63, 3.8) is 0 Å². The van der Waals surface area contributed by atoms with E-state index in [1.165, 1.54) is 0 Å². The molecule has 15 heavy (non-hydrogen) atoms. The fourth-order valence-electron chi connectivity index (χ4n) is 2.05. The fourth-order valence-corrected chi connectivity index (χ4v) is 3.68. The van der Waals surface area contributed by atoms with Crippen molar-refractivity contribution in [1.82, 2.24) is 5.32 Å². The quantitative estimate of drug-likeness (QED) is 0.540. The Kier molecular flexibility index (Phi) is 3.10. The van der Waals surface area contributed by atoms with Gasteiger partial charge in [0.25, 0.3) is 0 Å². The number of amides is 2. The molecule has 2 fully saturated rings. The van der Waals surface area contributed by atoms with Gasteiger partial charge in [0, 0.05) is 0 Å². The predicted octanol–water partition coefficient (Wildman–Crippen LogP) is 1.32. The van der Waals surface area contributed by atoms with Crippen LogP contribution in [0.1, 0.15) is 0 Å². The van der Waals surface area contributed by atoms with Crippen LogP contribution in [-0.4, -0.2) is 33.3 Å². The average molecular weight is 291 g/mol. The van der Waals surface area contributed by atoms with Crippen molar-refractivity contribution in [1.29, 1.82) is 0 Å². The molecule has 0 bridgehead atoms. The molecule has 0 aromatic heterocycles. The number of hydrogen-bond acceptors (Lipinski definition) is 2. The molecule has 1 saturated heterocycles. The van der Waals surface area contributed by atoms with Crippen molar-refractivity contribution < 1.29 is 9.59 Å². The summed E-state index contributed by atoms with van der Waals surface area (Å²) in [5.74, 6) is -2.16. The van der Waals surface area contributed by atoms with E-state index in [0.717, 1.165) is 0 Å². The molecular weight excluding hydrogens is 284 g/mol. The van der Waals surface area contributed by atoms with Crippen LogP contribution in [0.3, 0.4) is 0 Å². The minimum atomic E-state index is -0.667. The van der Waals surface area contributed by atoms with Crippen LogP contribution in [0.4, 0.5) is 0 Å². The van der Waals surface area contributed by atoms with E-state index < -0.39 is 45.2 Å². The molecule has 0 spiro atoms. The summed E-state index contributed by atoms with van der Waals surface area (Å²) in [6.45, 7) is 0. The van der Waals surface area contributed by atoms with Gasteiger partial charge in [0.1, 0.15) is 0 Å². The third-order valence-electron chi connectivity index (χ3n) is 2.84. The van der Waals surface area contributed by atoms with Gasteiger partial charge in [-0.1, -0.05) is 0 Å². The Balaban J connectivity index is 2.36. The first-order valence-electron chi connectivity index (χ1n) is 4.36. The van der Waals surface area contributed by atoms with Gasteiger partial charge in [0.05, 0.1) is 33.3 Å². The highest BCUT2D eigenvalue weighted by molar-refractivity contribution is 6.40. The lowest BCUT2D eigenvalue weighted by atomic mass is 9.79. The standard InChI is InChI=1S/C8H7Cl4NO2/c9-3-1-2(8(15)13-7(1)14)4(10)6(12)5(3)11/h1-6H,(H,13,14,15). The largest absolute Gasteiger partial charge is 0.296 e. The monoisotopic (exact) mass is 289 g/mol. The number of carbonyl (C=O) groups is 2. The molecule has 0 aromatic rings. The van der Waals surface area contributed by atoms with E-state index in [1.54, 1.807) is 0 Å². The van der Waals surface area contributed by atoms with Gasteiger partial charge in [-0.2, -0.15) is 0 Å². The molecule has 2 amide bonds. The smallest absolute Gasteiger partial charge is 0.232 e. The molecule has 0 radical (unpaired) electrons. The molecule has 0 aromatic carbocycles. The van der Waals surface area contributed by atoms with E-state index in [-0.39, 0.29) is 0 Å². The molecule has 3 nitrogen and oxygen atoms in total. The molecule has 6 atom stereocenters. The van der Waals surface area contributed by atoms with Crippen molar-refractivity contribution in [3.05, 3.63) is 0 Å². The zero-order chi connectivity index (χ0) is 11.3. The summed E-state index contributed by atoms with van der Waals surface area (Å²) in [5, 5.41) is -0.369. The summed E-state index contributed by atoms with van der Waals surface area (Å²) in [5.41, 5.74) is 0. The van der Waals surface area contributed by atoms with Crippen molar-refractivity contribution in [2.24, 2.45) is 11.8 Å². The molecular formula is C8H7Cl4NO2. The maximum atomic E-state index is 11.5. The van der Waals surface area contributed by atoms with E-state index in [0.29, 0.717) is 0 Å². The molecule has 2 rings (SSSR count). The van der Waals surface area contributed by atoms with Crippen LogP contribution in [0.15, 0.2) is 0 Å². The molecule has 2 aliphatic rings. The Morgan fingerprint density at radius 2 is 1.07 bits per heavy atom. The minimum absolute atomic E-state index is 0.412. The topological polar surface area (TPSA) is 46.2 Å². The second-order valence-corrected chi connectivity index (χ2v) is 5.70. The molecule has 1 heterocycles. The third-order valence-corrected chi connectivity index (χ3v) is 5.40. The number of hydrogen-bond donors (Lipinski definition) is 1. The van der Waals surface area contributed by atoms with E-state index in [9.17, 15) is 9.59 Å². The second-order valence-electron chi connectivity index (χ2n) is 3.68. The number of imide groups is 1. The molecule has 6 unspecified atom stereocenters. The van der Waals surface area contributed by atoms with Gasteiger partial charge in [0.15, 0.2) is 0 Å². The zero-order valence-electron chi connectivity index (χ0n) is 7.29. The molecule has 1 N–H and O–H groups in total. The Morgan fingerprint density at radius 1 is 0.733 bits per heavy atom. The van der Waals surface area contributed by atoms with Crippen molar-refractivity contribution in [2.75, 3.05) is 0 Å². The first kappa shape index (κ1) is 11.8. The molecule has 1 saturated carbocycles. The van der Waals surface area contributed by atoms with Crippen molar-refractivity contribution in [2.45, 2.75) is 21.5 Å². The van der Waals surface area contributed by atoms with E-state index in [2.05, 4.69) is 5.32 Å². The highest BCUT2D eigenvalue weighted by Crippen LogP contribution is 2.44. The predicted molar refractivity (Wildman–Crippen MR) is 58.7 cm³/mol. The second kappa shape index (κ2) is 3.95. The van der Waals surface area contributed by atoms with Crippen LogP contribution in [-0.2, 0) is 9.59 Å². The van der Waals surface area contributed by atoms with Crippen LogP contribution < -0.4 is 5.32 Å². The molecule has 1 aliphatic heterocycles. The number of halogens is 4. The van der Waals surface area contributed by atoms with Gasteiger partial charge in [-0.05, 0) is 0 Å². The van der Waals surface area contributed by atoms with Gasteiger partial charge >= 0.3 is 0 Å². The summed E-state index contributed by atoms with van der Waals surface area (Å²) < 4.78 is 0. The number of nitrogens with one attached hydrogen (secondary N) is 1. The van der Waals surface area contributed by atoms with Gasteiger partial charge < -0.3 is 0 Å². The summed E-state index contributed by atoms with van der Waals surface area (Å²) in [6.07, 6.45) is 0. The zero-order valence-corrected chi connectivity index (χ0v) is 10.3. The maximum Gasteiger partial charge on any atom is 0.232 e. The van der Waals surface area contributed by atoms with Gasteiger partial charge in [0.2, 0.25) is 11.8 Å². The van der Waals surface area contributed by atoms with Gasteiger partial charge in [-0.15, -0.1) is 46.4 Å². The van der Waals surface area contributed by atoms with E-state index in [1.807, 2.05) is 0 Å². The van der Waals surface area contributed by atoms with Gasteiger partial charge in [-0.25, -0.2) is 0 Å². The summed E-state index contributed by atoms with van der Waals surface area (Å²) >= 11 is 23.9. The van der Waals surface area contributed by atoms with Crippen molar-refractivity contribution in [3.8, 4) is 0 Å². The SMILES string of the molecule is O=C1NC(=O)C2C(Cl)C(Cl)C(Cl)C(Cl)C12. The van der Waals surface area contributed by atoms with Crippen LogP contribution in [0, 0.1) is 11.8 Å². The molecule has 84 valence electrons. The Labute approximate surface area is 106 Å². The number of fused-ring (bicyclic) bond motifs is 1. The number of rotatable bonds is 0. The fraction of sp³-hybridized carbons (Fsp3) is 0.750. The maximum absolute atomic E-state index is 11.5. The highest BCUT2D eigenvalue weighted by Gasteiger charge is 2.57. The lowest BCUT2D eigenvalue weighted by Crippen LogP contribution is -2.51. The van der Waals surface area contributed by atoms with Crippen LogP contribution in [0.5, 0.6) is 0 Å². The van der Waals surface area contributed by atoms with Crippen LogP contribution in [0.2, 0.25) is 0 Å². The third kappa shape index (κ3) is 1.64. The first-order chi connectivity index (χ1) is 6.95. The van der Waals surface area contributed by atoms with Crippen LogP contribution >= 0.6 is 46.4 Å². The lowest BCUT2D eigenvalue weighted by molar-refractivity contribution is -0.126. The average Bonchev–Trinajstić information content (AvgIpc) is 2.47. The van der Waals surface area contributed by atoms with E-state index in [4.69, 9.17) is 46.4 Å².